The van der Waals surface area contributed by atoms with Gasteiger partial charge in [-0.3, -0.25) is 9.59 Å². The highest BCUT2D eigenvalue weighted by Crippen LogP contribution is 2.30. The minimum atomic E-state index is -0.771. The second-order valence-electron chi connectivity index (χ2n) is 5.94. The molecule has 5 nitrogen and oxygen atoms in total. The molecule has 1 N–H and O–H groups in total. The molecule has 6 heteroatoms. The highest BCUT2D eigenvalue weighted by molar-refractivity contribution is 6.30. The Balaban J connectivity index is 1.78. The van der Waals surface area contributed by atoms with Gasteiger partial charge in [0.25, 0.3) is 5.91 Å². The third-order valence-corrected chi connectivity index (χ3v) is 4.52. The Labute approximate surface area is 151 Å². The molecular weight excluding hydrogens is 340 g/mol. The zero-order valence-corrected chi connectivity index (χ0v) is 14.6. The summed E-state index contributed by atoms with van der Waals surface area (Å²) in [6.07, 6.45) is -0.771. The fourth-order valence-electron chi connectivity index (χ4n) is 2.88. The van der Waals surface area contributed by atoms with E-state index in [1.807, 2.05) is 42.5 Å². The fourth-order valence-corrected chi connectivity index (χ4v) is 3.00. The topological polar surface area (TPSA) is 58.6 Å². The van der Waals surface area contributed by atoms with Gasteiger partial charge >= 0.3 is 0 Å². The summed E-state index contributed by atoms with van der Waals surface area (Å²) in [7, 11) is 1.68. The lowest BCUT2D eigenvalue weighted by atomic mass is 9.97. The van der Waals surface area contributed by atoms with E-state index in [-0.39, 0.29) is 18.4 Å². The maximum atomic E-state index is 12.7. The summed E-state index contributed by atoms with van der Waals surface area (Å²) in [5.74, 6) is -0.407. The summed E-state index contributed by atoms with van der Waals surface area (Å²) >= 11 is 5.94. The van der Waals surface area contributed by atoms with E-state index in [9.17, 15) is 9.59 Å². The van der Waals surface area contributed by atoms with Gasteiger partial charge in [-0.15, -0.1) is 0 Å². The number of ether oxygens (including phenoxy) is 1. The Morgan fingerprint density at radius 2 is 1.88 bits per heavy atom. The van der Waals surface area contributed by atoms with Crippen LogP contribution in [0.25, 0.3) is 0 Å². The first-order valence-corrected chi connectivity index (χ1v) is 8.38. The SMILES string of the molecule is CN1C(=O)COC(C(=O)NCc2ccccc2)C1c1ccc(Cl)cc1. The van der Waals surface area contributed by atoms with Crippen molar-refractivity contribution in [1.82, 2.24) is 10.2 Å². The molecular formula is C19H19ClN2O3. The van der Waals surface area contributed by atoms with Crippen LogP contribution < -0.4 is 5.32 Å². The molecule has 0 saturated carbocycles. The van der Waals surface area contributed by atoms with E-state index in [4.69, 9.17) is 16.3 Å². The third-order valence-electron chi connectivity index (χ3n) is 4.26. The number of carbonyl (C=O) groups excluding carboxylic acids is 2. The average molecular weight is 359 g/mol. The fraction of sp³-hybridized carbons (Fsp3) is 0.263. The standard InChI is InChI=1S/C19H19ClN2O3/c1-22-16(23)12-25-18(17(22)14-7-9-15(20)10-8-14)19(24)21-11-13-5-3-2-4-6-13/h2-10,17-18H,11-12H2,1H3,(H,21,24). The Bertz CT molecular complexity index is 749. The van der Waals surface area contributed by atoms with Gasteiger partial charge in [-0.2, -0.15) is 0 Å². The highest BCUT2D eigenvalue weighted by atomic mass is 35.5. The number of nitrogens with zero attached hydrogens (tertiary/aromatic N) is 1. The number of likely N-dealkylation sites (N-methyl/N-ethyl adjacent to an activating group) is 1. The number of morpholine rings is 1. The summed E-state index contributed by atoms with van der Waals surface area (Å²) in [6, 6.07) is 16.2. The lowest BCUT2D eigenvalue weighted by molar-refractivity contribution is -0.162. The highest BCUT2D eigenvalue weighted by Gasteiger charge is 2.39. The quantitative estimate of drug-likeness (QED) is 0.913. The molecule has 2 aromatic carbocycles. The molecule has 130 valence electrons. The van der Waals surface area contributed by atoms with Crippen molar-refractivity contribution in [3.8, 4) is 0 Å². The van der Waals surface area contributed by atoms with Crippen LogP contribution in [0.15, 0.2) is 54.6 Å². The van der Waals surface area contributed by atoms with Crippen LogP contribution in [0.4, 0.5) is 0 Å². The second-order valence-corrected chi connectivity index (χ2v) is 6.37. The largest absolute Gasteiger partial charge is 0.356 e. The van der Waals surface area contributed by atoms with Gasteiger partial charge in [0.1, 0.15) is 6.61 Å². The molecule has 0 bridgehead atoms. The Morgan fingerprint density at radius 3 is 2.56 bits per heavy atom. The van der Waals surface area contributed by atoms with Gasteiger partial charge in [0.05, 0.1) is 6.04 Å². The summed E-state index contributed by atoms with van der Waals surface area (Å²) in [5, 5.41) is 3.48. The Kier molecular flexibility index (Phi) is 5.36. The first-order valence-electron chi connectivity index (χ1n) is 8.00. The van der Waals surface area contributed by atoms with E-state index in [1.165, 1.54) is 0 Å². The van der Waals surface area contributed by atoms with Crippen molar-refractivity contribution in [1.29, 1.82) is 0 Å². The number of nitrogens with one attached hydrogen (secondary N) is 1. The van der Waals surface area contributed by atoms with Gasteiger partial charge in [0, 0.05) is 18.6 Å². The van der Waals surface area contributed by atoms with E-state index >= 15 is 0 Å². The van der Waals surface area contributed by atoms with Crippen LogP contribution in [-0.4, -0.2) is 36.5 Å². The molecule has 1 aliphatic heterocycles. The van der Waals surface area contributed by atoms with Gasteiger partial charge < -0.3 is 15.0 Å². The van der Waals surface area contributed by atoms with Crippen LogP contribution in [0.1, 0.15) is 17.2 Å². The number of hydrogen-bond acceptors (Lipinski definition) is 3. The van der Waals surface area contributed by atoms with Crippen molar-refractivity contribution in [2.75, 3.05) is 13.7 Å². The smallest absolute Gasteiger partial charge is 0.251 e. The van der Waals surface area contributed by atoms with E-state index in [0.717, 1.165) is 11.1 Å². The van der Waals surface area contributed by atoms with Crippen LogP contribution in [0.5, 0.6) is 0 Å². The number of halogens is 1. The monoisotopic (exact) mass is 358 g/mol. The van der Waals surface area contributed by atoms with Crippen molar-refractivity contribution >= 4 is 23.4 Å². The minimum absolute atomic E-state index is 0.107. The molecule has 1 aliphatic rings. The van der Waals surface area contributed by atoms with Crippen molar-refractivity contribution < 1.29 is 14.3 Å². The first kappa shape index (κ1) is 17.5. The van der Waals surface area contributed by atoms with E-state index in [1.54, 1.807) is 24.1 Å². The van der Waals surface area contributed by atoms with Crippen LogP contribution in [0.2, 0.25) is 5.02 Å². The summed E-state index contributed by atoms with van der Waals surface area (Å²) in [4.78, 5) is 26.3. The number of amides is 2. The van der Waals surface area contributed by atoms with E-state index in [0.29, 0.717) is 11.6 Å². The van der Waals surface area contributed by atoms with Gasteiger partial charge in [-0.1, -0.05) is 54.1 Å². The normalized spacial score (nSPS) is 20.4. The number of hydrogen-bond donors (Lipinski definition) is 1. The molecule has 0 aliphatic carbocycles. The predicted molar refractivity (Wildman–Crippen MR) is 95.0 cm³/mol. The van der Waals surface area contributed by atoms with E-state index < -0.39 is 12.1 Å². The zero-order chi connectivity index (χ0) is 17.8. The molecule has 3 rings (SSSR count). The molecule has 2 atom stereocenters. The van der Waals surface area contributed by atoms with Crippen molar-refractivity contribution in [3.63, 3.8) is 0 Å². The average Bonchev–Trinajstić information content (AvgIpc) is 2.63. The minimum Gasteiger partial charge on any atom is -0.356 e. The van der Waals surface area contributed by atoms with Crippen LogP contribution in [0.3, 0.4) is 0 Å². The van der Waals surface area contributed by atoms with Crippen molar-refractivity contribution in [2.45, 2.75) is 18.7 Å². The van der Waals surface area contributed by atoms with Crippen LogP contribution in [0, 0.1) is 0 Å². The maximum absolute atomic E-state index is 12.7. The van der Waals surface area contributed by atoms with Gasteiger partial charge in [-0.05, 0) is 23.3 Å². The van der Waals surface area contributed by atoms with Gasteiger partial charge in [0.15, 0.2) is 6.10 Å². The number of rotatable bonds is 4. The second kappa shape index (κ2) is 7.68. The van der Waals surface area contributed by atoms with E-state index in [2.05, 4.69) is 5.32 Å². The first-order chi connectivity index (χ1) is 12.1. The molecule has 2 unspecified atom stereocenters. The van der Waals surface area contributed by atoms with Crippen LogP contribution in [-0.2, 0) is 20.9 Å². The molecule has 1 heterocycles. The number of benzene rings is 2. The van der Waals surface area contributed by atoms with Crippen LogP contribution >= 0.6 is 11.6 Å². The summed E-state index contributed by atoms with van der Waals surface area (Å²) in [5.41, 5.74) is 1.80. The number of carbonyl (C=O) groups is 2. The lowest BCUT2D eigenvalue weighted by Crippen LogP contribution is -2.52. The van der Waals surface area contributed by atoms with Gasteiger partial charge in [0.2, 0.25) is 5.91 Å². The van der Waals surface area contributed by atoms with Crippen molar-refractivity contribution in [2.24, 2.45) is 0 Å². The molecule has 2 aromatic rings. The molecule has 25 heavy (non-hydrogen) atoms. The molecule has 1 saturated heterocycles. The Morgan fingerprint density at radius 1 is 1.20 bits per heavy atom. The zero-order valence-electron chi connectivity index (χ0n) is 13.8. The predicted octanol–water partition coefficient (Wildman–Crippen LogP) is 2.55. The summed E-state index contributed by atoms with van der Waals surface area (Å²) < 4.78 is 5.57. The van der Waals surface area contributed by atoms with Crippen molar-refractivity contribution in [3.05, 3.63) is 70.7 Å². The maximum Gasteiger partial charge on any atom is 0.251 e. The third kappa shape index (κ3) is 4.00. The van der Waals surface area contributed by atoms with Gasteiger partial charge in [-0.25, -0.2) is 0 Å². The molecule has 0 spiro atoms. The molecule has 1 fully saturated rings. The molecule has 0 aromatic heterocycles. The Hall–Kier alpha value is -2.37. The molecule has 2 amide bonds. The lowest BCUT2D eigenvalue weighted by Gasteiger charge is -2.38. The molecule has 0 radical (unpaired) electrons. The summed E-state index contributed by atoms with van der Waals surface area (Å²) in [6.45, 7) is 0.300.